The largest absolute Gasteiger partial charge is 0.493 e. The predicted octanol–water partition coefficient (Wildman–Crippen LogP) is 3.28. The Labute approximate surface area is 124 Å². The van der Waals surface area contributed by atoms with E-state index in [1.807, 2.05) is 30.5 Å². The predicted molar refractivity (Wildman–Crippen MR) is 82.7 cm³/mol. The highest BCUT2D eigenvalue weighted by Gasteiger charge is 1.99. The Morgan fingerprint density at radius 2 is 2.38 bits per heavy atom. The lowest BCUT2D eigenvalue weighted by molar-refractivity contribution is 0.313. The van der Waals surface area contributed by atoms with E-state index in [2.05, 4.69) is 23.1 Å². The maximum absolute atomic E-state index is 8.48. The lowest BCUT2D eigenvalue weighted by Gasteiger charge is -2.08. The molecule has 0 aliphatic rings. The Bertz CT molecular complexity index is 627. The van der Waals surface area contributed by atoms with Crippen LogP contribution in [0.5, 0.6) is 5.75 Å². The number of unbranched alkanes of at least 4 members (excludes halogenated alkanes) is 1. The molecule has 0 radical (unpaired) electrons. The summed E-state index contributed by atoms with van der Waals surface area (Å²) in [7, 11) is 0. The minimum Gasteiger partial charge on any atom is -0.493 e. The third-order valence-electron chi connectivity index (χ3n) is 2.87. The molecule has 0 fully saturated rings. The zero-order valence-electron chi connectivity index (χ0n) is 11.8. The monoisotopic (exact) mass is 282 g/mol. The zero-order valence-corrected chi connectivity index (χ0v) is 11.8. The summed E-state index contributed by atoms with van der Waals surface area (Å²) >= 11 is 0. The number of benzene rings is 1. The molecule has 1 aromatic carbocycles. The zero-order chi connectivity index (χ0) is 14.9. The number of anilines is 1. The molecule has 2 rings (SSSR count). The molecule has 0 saturated heterocycles. The molecule has 1 N–H and O–H groups in total. The summed E-state index contributed by atoms with van der Waals surface area (Å²) in [6.45, 7) is 4.90. The molecule has 108 valence electrons. The van der Waals surface area contributed by atoms with Crippen molar-refractivity contribution in [2.75, 3.05) is 11.9 Å². The van der Waals surface area contributed by atoms with Crippen molar-refractivity contribution in [3.8, 4) is 11.8 Å². The van der Waals surface area contributed by atoms with Crippen LogP contribution < -0.4 is 10.1 Å². The average Bonchev–Trinajstić information content (AvgIpc) is 2.98. The number of nitrogens with one attached hydrogen (secondary N) is 1. The quantitative estimate of drug-likeness (QED) is 0.755. The average molecular weight is 282 g/mol. The van der Waals surface area contributed by atoms with Crippen LogP contribution in [0.3, 0.4) is 0 Å². The normalized spacial score (nSPS) is 9.86. The van der Waals surface area contributed by atoms with Crippen molar-refractivity contribution < 1.29 is 4.74 Å². The van der Waals surface area contributed by atoms with Gasteiger partial charge in [-0.1, -0.05) is 12.6 Å². The molecular weight excluding hydrogens is 264 g/mol. The van der Waals surface area contributed by atoms with Gasteiger partial charge < -0.3 is 10.1 Å². The van der Waals surface area contributed by atoms with Crippen molar-refractivity contribution in [2.45, 2.75) is 19.4 Å². The highest BCUT2D eigenvalue weighted by atomic mass is 16.5. The van der Waals surface area contributed by atoms with Crippen LogP contribution >= 0.6 is 0 Å². The van der Waals surface area contributed by atoms with Gasteiger partial charge in [-0.3, -0.25) is 0 Å². The second kappa shape index (κ2) is 7.75. The van der Waals surface area contributed by atoms with Gasteiger partial charge >= 0.3 is 0 Å². The Morgan fingerprint density at radius 1 is 1.48 bits per heavy atom. The molecule has 2 aromatic rings. The van der Waals surface area contributed by atoms with Gasteiger partial charge in [-0.2, -0.15) is 10.4 Å². The Kier molecular flexibility index (Phi) is 5.41. The van der Waals surface area contributed by atoms with Gasteiger partial charge in [-0.15, -0.1) is 0 Å². The van der Waals surface area contributed by atoms with Gasteiger partial charge in [0.25, 0.3) is 0 Å². The van der Waals surface area contributed by atoms with Gasteiger partial charge in [0.15, 0.2) is 0 Å². The SMILES string of the molecule is C=Cn1cc(CNc2cccc(OCCCC#N)c2)cn1. The molecule has 0 atom stereocenters. The van der Waals surface area contributed by atoms with E-state index < -0.39 is 0 Å². The Morgan fingerprint density at radius 3 is 3.14 bits per heavy atom. The van der Waals surface area contributed by atoms with Crippen LogP contribution in [0.25, 0.3) is 6.20 Å². The molecule has 5 nitrogen and oxygen atoms in total. The molecule has 0 bridgehead atoms. The molecule has 0 aliphatic heterocycles. The maximum atomic E-state index is 8.48. The fourth-order valence-corrected chi connectivity index (χ4v) is 1.81. The van der Waals surface area contributed by atoms with Gasteiger partial charge in [0.2, 0.25) is 0 Å². The highest BCUT2D eigenvalue weighted by molar-refractivity contribution is 5.48. The molecule has 1 heterocycles. The lowest BCUT2D eigenvalue weighted by Crippen LogP contribution is -2.00. The summed E-state index contributed by atoms with van der Waals surface area (Å²) in [5, 5.41) is 15.9. The van der Waals surface area contributed by atoms with Gasteiger partial charge in [-0.25, -0.2) is 4.68 Å². The van der Waals surface area contributed by atoms with Gasteiger partial charge in [-0.05, 0) is 18.6 Å². The van der Waals surface area contributed by atoms with Crippen LogP contribution in [0.4, 0.5) is 5.69 Å². The van der Waals surface area contributed by atoms with Crippen LogP contribution in [-0.4, -0.2) is 16.4 Å². The number of nitriles is 1. The van der Waals surface area contributed by atoms with Crippen molar-refractivity contribution in [1.82, 2.24) is 9.78 Å². The number of rotatable bonds is 8. The van der Waals surface area contributed by atoms with E-state index in [-0.39, 0.29) is 0 Å². The van der Waals surface area contributed by atoms with Crippen molar-refractivity contribution in [2.24, 2.45) is 0 Å². The smallest absolute Gasteiger partial charge is 0.121 e. The van der Waals surface area contributed by atoms with Crippen molar-refractivity contribution in [3.63, 3.8) is 0 Å². The number of hydrogen-bond donors (Lipinski definition) is 1. The fourth-order valence-electron chi connectivity index (χ4n) is 1.81. The van der Waals surface area contributed by atoms with Crippen molar-refractivity contribution >= 4 is 11.9 Å². The number of aromatic nitrogens is 2. The summed E-state index contributed by atoms with van der Waals surface area (Å²) in [6, 6.07) is 9.89. The second-order valence-electron chi connectivity index (χ2n) is 4.50. The third-order valence-corrected chi connectivity index (χ3v) is 2.87. The first-order valence-corrected chi connectivity index (χ1v) is 6.81. The maximum Gasteiger partial charge on any atom is 0.121 e. The molecule has 0 spiro atoms. The molecule has 0 unspecified atom stereocenters. The number of hydrogen-bond acceptors (Lipinski definition) is 4. The fraction of sp³-hybridized carbons (Fsp3) is 0.250. The number of ether oxygens (including phenoxy) is 1. The Balaban J connectivity index is 1.85. The van der Waals surface area contributed by atoms with E-state index in [1.165, 1.54) is 0 Å². The van der Waals surface area contributed by atoms with Crippen LogP contribution in [0.1, 0.15) is 18.4 Å². The lowest BCUT2D eigenvalue weighted by atomic mass is 10.2. The van der Waals surface area contributed by atoms with E-state index in [9.17, 15) is 0 Å². The molecule has 5 heteroatoms. The van der Waals surface area contributed by atoms with Crippen LogP contribution in [0.15, 0.2) is 43.2 Å². The second-order valence-corrected chi connectivity index (χ2v) is 4.50. The minimum atomic E-state index is 0.519. The van der Waals surface area contributed by atoms with E-state index in [4.69, 9.17) is 10.00 Å². The van der Waals surface area contributed by atoms with E-state index in [0.29, 0.717) is 19.6 Å². The standard InChI is InChI=1S/C16H18N4O/c1-2-20-13-14(12-19-20)11-18-15-6-5-7-16(10-15)21-9-4-3-8-17/h2,5-7,10,12-13,18H,1,3-4,9,11H2. The summed E-state index contributed by atoms with van der Waals surface area (Å²) < 4.78 is 7.27. The summed E-state index contributed by atoms with van der Waals surface area (Å²) in [5.41, 5.74) is 2.06. The first-order chi connectivity index (χ1) is 10.3. The molecule has 0 saturated carbocycles. The van der Waals surface area contributed by atoms with E-state index in [1.54, 1.807) is 17.1 Å². The minimum absolute atomic E-state index is 0.519. The van der Waals surface area contributed by atoms with Crippen LogP contribution in [-0.2, 0) is 6.54 Å². The first-order valence-electron chi connectivity index (χ1n) is 6.81. The molecule has 0 amide bonds. The molecule has 1 aromatic heterocycles. The number of nitrogens with zero attached hydrogens (tertiary/aromatic N) is 3. The van der Waals surface area contributed by atoms with Gasteiger partial charge in [0, 0.05) is 42.7 Å². The third kappa shape index (κ3) is 4.69. The van der Waals surface area contributed by atoms with E-state index >= 15 is 0 Å². The summed E-state index contributed by atoms with van der Waals surface area (Å²) in [5.74, 6) is 0.805. The van der Waals surface area contributed by atoms with Crippen molar-refractivity contribution in [1.29, 1.82) is 5.26 Å². The molecule has 0 aliphatic carbocycles. The van der Waals surface area contributed by atoms with Crippen LogP contribution in [0, 0.1) is 11.3 Å². The molecule has 21 heavy (non-hydrogen) atoms. The first kappa shape index (κ1) is 14.7. The topological polar surface area (TPSA) is 62.9 Å². The summed E-state index contributed by atoms with van der Waals surface area (Å²) in [6.07, 6.45) is 6.64. The van der Waals surface area contributed by atoms with Crippen molar-refractivity contribution in [3.05, 3.63) is 48.8 Å². The van der Waals surface area contributed by atoms with E-state index in [0.717, 1.165) is 23.4 Å². The Hall–Kier alpha value is -2.74. The highest BCUT2D eigenvalue weighted by Crippen LogP contribution is 2.18. The summed E-state index contributed by atoms with van der Waals surface area (Å²) in [4.78, 5) is 0. The van der Waals surface area contributed by atoms with Gasteiger partial charge in [0.05, 0.1) is 18.9 Å². The van der Waals surface area contributed by atoms with Crippen LogP contribution in [0.2, 0.25) is 0 Å². The van der Waals surface area contributed by atoms with Gasteiger partial charge in [0.1, 0.15) is 5.75 Å². The molecular formula is C16H18N4O.